The molecule has 0 saturated carbocycles. The molecule has 3 aromatic rings. The highest BCUT2D eigenvalue weighted by atomic mass is 35.5. The van der Waals surface area contributed by atoms with E-state index in [2.05, 4.69) is 17.1 Å². The highest BCUT2D eigenvalue weighted by Gasteiger charge is 2.24. The van der Waals surface area contributed by atoms with Gasteiger partial charge >= 0.3 is 0 Å². The molecule has 180 valence electrons. The number of likely N-dealkylation sites (N-methyl/N-ethyl adjacent to an activating group) is 1. The average molecular weight is 490 g/mol. The molecule has 1 fully saturated rings. The van der Waals surface area contributed by atoms with E-state index in [9.17, 15) is 9.59 Å². The minimum atomic E-state index is -0.370. The Morgan fingerprint density at radius 2 is 1.60 bits per heavy atom. The van der Waals surface area contributed by atoms with Crippen LogP contribution in [0.5, 0.6) is 11.5 Å². The Balaban J connectivity index is 1.59. The van der Waals surface area contributed by atoms with E-state index in [-0.39, 0.29) is 17.5 Å². The Hall–Kier alpha value is -3.61. The van der Waals surface area contributed by atoms with Crippen LogP contribution in [0.2, 0.25) is 5.02 Å². The van der Waals surface area contributed by atoms with Gasteiger partial charge in [0.15, 0.2) is 0 Å². The van der Waals surface area contributed by atoms with Crippen molar-refractivity contribution in [3.8, 4) is 11.5 Å². The second-order valence-corrected chi connectivity index (χ2v) is 8.67. The molecule has 0 spiro atoms. The first-order valence-electron chi connectivity index (χ1n) is 11.6. The number of hydrogen-bond donors (Lipinski definition) is 1. The number of benzene rings is 3. The fourth-order valence-corrected chi connectivity index (χ4v) is 3.97. The normalized spacial score (nSPS) is 14.5. The molecule has 0 unspecified atom stereocenters. The van der Waals surface area contributed by atoms with E-state index in [1.54, 1.807) is 35.2 Å². The van der Waals surface area contributed by atoms with Gasteiger partial charge in [-0.05, 0) is 66.7 Å². The number of amides is 2. The van der Waals surface area contributed by atoms with Crippen LogP contribution in [0.3, 0.4) is 0 Å². The van der Waals surface area contributed by atoms with E-state index in [0.717, 1.165) is 30.9 Å². The molecule has 3 aromatic carbocycles. The van der Waals surface area contributed by atoms with E-state index in [1.807, 2.05) is 54.6 Å². The summed E-state index contributed by atoms with van der Waals surface area (Å²) in [7, 11) is 0. The molecule has 0 aromatic heterocycles. The molecule has 0 aliphatic carbocycles. The Morgan fingerprint density at radius 1 is 0.914 bits per heavy atom. The van der Waals surface area contributed by atoms with Crippen molar-refractivity contribution in [2.45, 2.75) is 6.92 Å². The molecule has 35 heavy (non-hydrogen) atoms. The lowest BCUT2D eigenvalue weighted by molar-refractivity contribution is -0.129. The second kappa shape index (κ2) is 11.7. The van der Waals surface area contributed by atoms with Crippen LogP contribution in [0.1, 0.15) is 22.8 Å². The molecule has 1 heterocycles. The number of carbonyl (C=O) groups is 2. The first-order chi connectivity index (χ1) is 17.0. The van der Waals surface area contributed by atoms with E-state index >= 15 is 0 Å². The number of carbonyl (C=O) groups excluding carboxylic acids is 2. The van der Waals surface area contributed by atoms with Crippen molar-refractivity contribution in [1.29, 1.82) is 0 Å². The monoisotopic (exact) mass is 489 g/mol. The molecule has 1 aliphatic heterocycles. The van der Waals surface area contributed by atoms with Gasteiger partial charge in [-0.2, -0.15) is 0 Å². The van der Waals surface area contributed by atoms with Crippen molar-refractivity contribution >= 4 is 29.5 Å². The number of para-hydroxylation sites is 1. The van der Waals surface area contributed by atoms with Gasteiger partial charge in [-0.25, -0.2) is 0 Å². The van der Waals surface area contributed by atoms with Crippen molar-refractivity contribution in [2.24, 2.45) is 0 Å². The van der Waals surface area contributed by atoms with Crippen molar-refractivity contribution in [2.75, 3.05) is 32.7 Å². The SMILES string of the molecule is CCN1CCN(C(=O)/C(=C/c2cccc(Oc3ccccc3)c2)NC(=O)c2ccc(Cl)cc2)CC1. The van der Waals surface area contributed by atoms with Crippen LogP contribution in [0.15, 0.2) is 84.6 Å². The minimum absolute atomic E-state index is 0.211. The summed E-state index contributed by atoms with van der Waals surface area (Å²) >= 11 is 5.96. The van der Waals surface area contributed by atoms with Gasteiger partial charge in [-0.1, -0.05) is 48.9 Å². The maximum atomic E-state index is 13.5. The van der Waals surface area contributed by atoms with Crippen LogP contribution >= 0.6 is 11.6 Å². The van der Waals surface area contributed by atoms with Crippen LogP contribution in [0, 0.1) is 0 Å². The van der Waals surface area contributed by atoms with Crippen molar-refractivity contribution < 1.29 is 14.3 Å². The number of halogens is 1. The molecule has 1 N–H and O–H groups in total. The van der Waals surface area contributed by atoms with Crippen molar-refractivity contribution in [3.63, 3.8) is 0 Å². The van der Waals surface area contributed by atoms with Gasteiger partial charge in [-0.3, -0.25) is 9.59 Å². The highest BCUT2D eigenvalue weighted by molar-refractivity contribution is 6.30. The Labute approximate surface area is 210 Å². The maximum absolute atomic E-state index is 13.5. The molecule has 0 bridgehead atoms. The third kappa shape index (κ3) is 6.72. The lowest BCUT2D eigenvalue weighted by Gasteiger charge is -2.34. The number of ether oxygens (including phenoxy) is 1. The third-order valence-electron chi connectivity index (χ3n) is 5.84. The molecular weight excluding hydrogens is 462 g/mol. The van der Waals surface area contributed by atoms with Crippen molar-refractivity contribution in [3.05, 3.63) is 101 Å². The van der Waals surface area contributed by atoms with E-state index in [0.29, 0.717) is 29.4 Å². The standard InChI is InChI=1S/C28H28ClN3O3/c1-2-31-15-17-32(18-16-31)28(34)26(30-27(33)22-11-13-23(29)14-12-22)20-21-7-6-10-25(19-21)35-24-8-4-3-5-9-24/h3-14,19-20H,2,15-18H2,1H3,(H,30,33)/b26-20-. The number of rotatable bonds is 7. The van der Waals surface area contributed by atoms with E-state index in [1.165, 1.54) is 0 Å². The Bertz CT molecular complexity index is 1190. The van der Waals surface area contributed by atoms with E-state index in [4.69, 9.17) is 16.3 Å². The third-order valence-corrected chi connectivity index (χ3v) is 6.09. The number of nitrogens with one attached hydrogen (secondary N) is 1. The summed E-state index contributed by atoms with van der Waals surface area (Å²) in [4.78, 5) is 30.5. The van der Waals surface area contributed by atoms with Gasteiger partial charge in [0.05, 0.1) is 0 Å². The lowest BCUT2D eigenvalue weighted by atomic mass is 10.1. The van der Waals surface area contributed by atoms with E-state index < -0.39 is 0 Å². The molecule has 1 aliphatic rings. The Morgan fingerprint density at radius 3 is 2.29 bits per heavy atom. The quantitative estimate of drug-likeness (QED) is 0.471. The predicted octanol–water partition coefficient (Wildman–Crippen LogP) is 5.07. The fourth-order valence-electron chi connectivity index (χ4n) is 3.84. The lowest BCUT2D eigenvalue weighted by Crippen LogP contribution is -2.50. The highest BCUT2D eigenvalue weighted by Crippen LogP contribution is 2.23. The summed E-state index contributed by atoms with van der Waals surface area (Å²) in [6, 6.07) is 23.5. The van der Waals surface area contributed by atoms with Crippen LogP contribution in [0.25, 0.3) is 6.08 Å². The van der Waals surface area contributed by atoms with Gasteiger partial charge in [0.1, 0.15) is 17.2 Å². The minimum Gasteiger partial charge on any atom is -0.457 e. The number of nitrogens with zero attached hydrogens (tertiary/aromatic N) is 2. The smallest absolute Gasteiger partial charge is 0.270 e. The first-order valence-corrected chi connectivity index (χ1v) is 12.0. The fraction of sp³-hybridized carbons (Fsp3) is 0.214. The molecule has 0 radical (unpaired) electrons. The van der Waals surface area contributed by atoms with Gasteiger partial charge < -0.3 is 19.9 Å². The largest absolute Gasteiger partial charge is 0.457 e. The van der Waals surface area contributed by atoms with Crippen LogP contribution in [-0.2, 0) is 4.79 Å². The first kappa shape index (κ1) is 24.5. The summed E-state index contributed by atoms with van der Waals surface area (Å²) in [5.41, 5.74) is 1.38. The topological polar surface area (TPSA) is 61.9 Å². The predicted molar refractivity (Wildman–Crippen MR) is 139 cm³/mol. The number of piperazine rings is 1. The van der Waals surface area contributed by atoms with Gasteiger partial charge in [0, 0.05) is 36.8 Å². The summed E-state index contributed by atoms with van der Waals surface area (Å²) in [6.45, 7) is 5.89. The summed E-state index contributed by atoms with van der Waals surface area (Å²) < 4.78 is 5.93. The van der Waals surface area contributed by atoms with Crippen LogP contribution in [0.4, 0.5) is 0 Å². The summed E-state index contributed by atoms with van der Waals surface area (Å²) in [5.74, 6) is 0.773. The van der Waals surface area contributed by atoms with Crippen LogP contribution in [-0.4, -0.2) is 54.3 Å². The molecule has 4 rings (SSSR count). The molecule has 0 atom stereocenters. The molecule has 2 amide bonds. The summed E-state index contributed by atoms with van der Waals surface area (Å²) in [6.07, 6.45) is 1.69. The molecule has 7 heteroatoms. The van der Waals surface area contributed by atoms with Gasteiger partial charge in [-0.15, -0.1) is 0 Å². The zero-order valence-electron chi connectivity index (χ0n) is 19.6. The van der Waals surface area contributed by atoms with Crippen molar-refractivity contribution in [1.82, 2.24) is 15.1 Å². The zero-order chi connectivity index (χ0) is 24.6. The Kier molecular flexibility index (Phi) is 8.19. The zero-order valence-corrected chi connectivity index (χ0v) is 20.4. The molecular formula is C28H28ClN3O3. The van der Waals surface area contributed by atoms with Crippen LogP contribution < -0.4 is 10.1 Å². The number of hydrogen-bond acceptors (Lipinski definition) is 4. The van der Waals surface area contributed by atoms with Gasteiger partial charge in [0.2, 0.25) is 0 Å². The van der Waals surface area contributed by atoms with Gasteiger partial charge in [0.25, 0.3) is 11.8 Å². The maximum Gasteiger partial charge on any atom is 0.270 e. The second-order valence-electron chi connectivity index (χ2n) is 8.23. The average Bonchev–Trinajstić information content (AvgIpc) is 2.89. The molecule has 1 saturated heterocycles. The summed E-state index contributed by atoms with van der Waals surface area (Å²) in [5, 5.41) is 3.37. The molecule has 6 nitrogen and oxygen atoms in total.